The van der Waals surface area contributed by atoms with Crippen molar-refractivity contribution in [2.75, 3.05) is 11.9 Å². The van der Waals surface area contributed by atoms with Crippen LogP contribution in [-0.4, -0.2) is 21.1 Å². The summed E-state index contributed by atoms with van der Waals surface area (Å²) in [5.41, 5.74) is 0.904. The van der Waals surface area contributed by atoms with E-state index in [2.05, 4.69) is 21.2 Å². The summed E-state index contributed by atoms with van der Waals surface area (Å²) < 4.78 is 1.92. The van der Waals surface area contributed by atoms with Crippen molar-refractivity contribution in [2.24, 2.45) is 0 Å². The summed E-state index contributed by atoms with van der Waals surface area (Å²) >= 11 is 0. The highest BCUT2D eigenvalue weighted by Crippen LogP contribution is 2.17. The number of hydrogen-bond donors (Lipinski definition) is 1. The van der Waals surface area contributed by atoms with Gasteiger partial charge in [-0.3, -0.25) is 4.57 Å². The Morgan fingerprint density at radius 1 is 1.44 bits per heavy atom. The van der Waals surface area contributed by atoms with E-state index in [0.29, 0.717) is 6.54 Å². The van der Waals surface area contributed by atoms with Gasteiger partial charge in [-0.15, -0.1) is 6.42 Å². The lowest BCUT2D eigenvalue weighted by molar-refractivity contribution is 0.933. The molecule has 80 valence electrons. The molecule has 1 N–H and O–H groups in total. The first-order valence-corrected chi connectivity index (χ1v) is 4.95. The number of pyridine rings is 1. The molecule has 0 radical (unpaired) electrons. The Balaban J connectivity index is 2.41. The van der Waals surface area contributed by atoms with Crippen LogP contribution in [0, 0.1) is 19.3 Å². The monoisotopic (exact) mass is 212 g/mol. The molecule has 0 bridgehead atoms. The van der Waals surface area contributed by atoms with Crippen molar-refractivity contribution in [3.63, 3.8) is 0 Å². The van der Waals surface area contributed by atoms with Crippen LogP contribution in [0.25, 0.3) is 5.82 Å². The van der Waals surface area contributed by atoms with Gasteiger partial charge in [-0.1, -0.05) is 5.92 Å². The lowest BCUT2D eigenvalue weighted by Gasteiger charge is -2.10. The molecule has 0 saturated heterocycles. The van der Waals surface area contributed by atoms with Crippen molar-refractivity contribution >= 4 is 5.69 Å². The maximum absolute atomic E-state index is 5.22. The number of rotatable bonds is 3. The second-order valence-corrected chi connectivity index (χ2v) is 3.28. The lowest BCUT2D eigenvalue weighted by atomic mass is 10.3. The topological polar surface area (TPSA) is 42.7 Å². The molecule has 0 saturated carbocycles. The molecule has 0 unspecified atom stereocenters. The van der Waals surface area contributed by atoms with Crippen LogP contribution < -0.4 is 5.32 Å². The summed E-state index contributed by atoms with van der Waals surface area (Å²) in [6.07, 6.45) is 10.6. The number of anilines is 1. The molecule has 2 aromatic heterocycles. The van der Waals surface area contributed by atoms with Crippen LogP contribution >= 0.6 is 0 Å². The van der Waals surface area contributed by atoms with Gasteiger partial charge in [0.25, 0.3) is 0 Å². The Hall–Kier alpha value is -2.28. The maximum atomic E-state index is 5.22. The Bertz CT molecular complexity index is 522. The van der Waals surface area contributed by atoms with E-state index >= 15 is 0 Å². The van der Waals surface area contributed by atoms with Crippen molar-refractivity contribution in [2.45, 2.75) is 6.92 Å². The largest absolute Gasteiger partial charge is 0.371 e. The summed E-state index contributed by atoms with van der Waals surface area (Å²) in [4.78, 5) is 8.50. The van der Waals surface area contributed by atoms with Gasteiger partial charge < -0.3 is 5.32 Å². The Morgan fingerprint density at radius 2 is 2.31 bits per heavy atom. The average molecular weight is 212 g/mol. The van der Waals surface area contributed by atoms with Crippen LogP contribution in [0.3, 0.4) is 0 Å². The van der Waals surface area contributed by atoms with Crippen LogP contribution in [0.4, 0.5) is 5.69 Å². The van der Waals surface area contributed by atoms with Crippen LogP contribution in [0.1, 0.15) is 5.82 Å². The van der Waals surface area contributed by atoms with Crippen LogP contribution in [-0.2, 0) is 0 Å². The first-order chi connectivity index (χ1) is 7.83. The summed E-state index contributed by atoms with van der Waals surface area (Å²) in [5.74, 6) is 4.24. The first kappa shape index (κ1) is 10.2. The maximum Gasteiger partial charge on any atom is 0.161 e. The minimum Gasteiger partial charge on any atom is -0.371 e. The van der Waals surface area contributed by atoms with Gasteiger partial charge in [0, 0.05) is 18.6 Å². The van der Waals surface area contributed by atoms with Gasteiger partial charge in [0.2, 0.25) is 0 Å². The van der Waals surface area contributed by atoms with Crippen molar-refractivity contribution in [1.29, 1.82) is 0 Å². The quantitative estimate of drug-likeness (QED) is 0.786. The summed E-state index contributed by atoms with van der Waals surface area (Å²) in [5, 5.41) is 3.13. The number of nitrogens with zero attached hydrogens (tertiary/aromatic N) is 3. The number of imidazole rings is 1. The third-order valence-corrected chi connectivity index (χ3v) is 2.22. The molecular formula is C12H12N4. The van der Waals surface area contributed by atoms with E-state index in [9.17, 15) is 0 Å². The van der Waals surface area contributed by atoms with Crippen LogP contribution in [0.15, 0.2) is 30.7 Å². The summed E-state index contributed by atoms with van der Waals surface area (Å²) in [7, 11) is 0. The Labute approximate surface area is 94.4 Å². The average Bonchev–Trinajstić information content (AvgIpc) is 2.73. The number of hydrogen-bond acceptors (Lipinski definition) is 3. The smallest absolute Gasteiger partial charge is 0.161 e. The zero-order valence-electron chi connectivity index (χ0n) is 9.01. The molecule has 4 heteroatoms. The fraction of sp³-hybridized carbons (Fsp3) is 0.167. The van der Waals surface area contributed by atoms with E-state index in [0.717, 1.165) is 17.3 Å². The fourth-order valence-electron chi connectivity index (χ4n) is 1.47. The van der Waals surface area contributed by atoms with E-state index in [-0.39, 0.29) is 0 Å². The molecule has 0 spiro atoms. The van der Waals surface area contributed by atoms with E-state index in [4.69, 9.17) is 6.42 Å². The fourth-order valence-corrected chi connectivity index (χ4v) is 1.47. The molecule has 0 amide bonds. The second-order valence-electron chi connectivity index (χ2n) is 3.28. The van der Waals surface area contributed by atoms with Crippen molar-refractivity contribution in [3.8, 4) is 18.2 Å². The van der Waals surface area contributed by atoms with Gasteiger partial charge in [0.1, 0.15) is 5.82 Å². The van der Waals surface area contributed by atoms with Gasteiger partial charge in [-0.05, 0) is 19.1 Å². The summed E-state index contributed by atoms with van der Waals surface area (Å²) in [6.45, 7) is 2.41. The Kier molecular flexibility index (Phi) is 2.88. The van der Waals surface area contributed by atoms with Crippen molar-refractivity contribution in [1.82, 2.24) is 14.5 Å². The number of aromatic nitrogens is 3. The third kappa shape index (κ3) is 1.89. The highest BCUT2D eigenvalue weighted by atomic mass is 15.1. The molecular weight excluding hydrogens is 200 g/mol. The minimum atomic E-state index is 0.479. The van der Waals surface area contributed by atoms with Crippen LogP contribution in [0.2, 0.25) is 0 Å². The Morgan fingerprint density at radius 3 is 3.00 bits per heavy atom. The zero-order valence-corrected chi connectivity index (χ0v) is 9.01. The molecule has 0 aromatic carbocycles. The molecule has 0 fully saturated rings. The SMILES string of the molecule is C#CCNc1cccnc1-n1ccnc1C. The standard InChI is InChI=1S/C12H12N4/c1-3-6-14-11-5-4-7-15-12(11)16-9-8-13-10(16)2/h1,4-5,7-9,14H,6H2,2H3. The molecule has 2 aromatic rings. The molecule has 0 aliphatic rings. The molecule has 2 rings (SSSR count). The first-order valence-electron chi connectivity index (χ1n) is 4.95. The van der Waals surface area contributed by atoms with Gasteiger partial charge in [0.15, 0.2) is 5.82 Å². The third-order valence-electron chi connectivity index (χ3n) is 2.22. The van der Waals surface area contributed by atoms with Gasteiger partial charge >= 0.3 is 0 Å². The van der Waals surface area contributed by atoms with Gasteiger partial charge in [0.05, 0.1) is 12.2 Å². The molecule has 16 heavy (non-hydrogen) atoms. The van der Waals surface area contributed by atoms with E-state index < -0.39 is 0 Å². The highest BCUT2D eigenvalue weighted by molar-refractivity contribution is 5.57. The van der Waals surface area contributed by atoms with Crippen molar-refractivity contribution in [3.05, 3.63) is 36.5 Å². The molecule has 2 heterocycles. The molecule has 0 aliphatic heterocycles. The molecule has 4 nitrogen and oxygen atoms in total. The molecule has 0 atom stereocenters. The second kappa shape index (κ2) is 4.49. The minimum absolute atomic E-state index is 0.479. The van der Waals surface area contributed by atoms with Gasteiger partial charge in [-0.2, -0.15) is 0 Å². The zero-order chi connectivity index (χ0) is 11.4. The van der Waals surface area contributed by atoms with Crippen LogP contribution in [0.5, 0.6) is 0 Å². The normalized spacial score (nSPS) is 9.75. The van der Waals surface area contributed by atoms with E-state index in [1.165, 1.54) is 0 Å². The summed E-state index contributed by atoms with van der Waals surface area (Å²) in [6, 6.07) is 3.81. The lowest BCUT2D eigenvalue weighted by Crippen LogP contribution is -2.06. The van der Waals surface area contributed by atoms with Gasteiger partial charge in [-0.25, -0.2) is 9.97 Å². The number of terminal acetylenes is 1. The molecule has 0 aliphatic carbocycles. The highest BCUT2D eigenvalue weighted by Gasteiger charge is 2.06. The predicted molar refractivity (Wildman–Crippen MR) is 63.4 cm³/mol. The van der Waals surface area contributed by atoms with E-state index in [1.54, 1.807) is 12.4 Å². The number of nitrogens with one attached hydrogen (secondary N) is 1. The van der Waals surface area contributed by atoms with Crippen molar-refractivity contribution < 1.29 is 0 Å². The number of aryl methyl sites for hydroxylation is 1. The van der Waals surface area contributed by atoms with E-state index in [1.807, 2.05) is 29.8 Å². The predicted octanol–water partition coefficient (Wildman–Crippen LogP) is 1.62.